The number of aromatic carboxylic acids is 1. The standard InChI is InChI=1S/C10H14N2O2S/c1-7(15-2)5-12-9-6-11-4-3-8(9)10(13)14/h3-4,6-7,12H,5H2,1-2H3,(H,13,14). The fourth-order valence-electron chi connectivity index (χ4n) is 1.06. The maximum Gasteiger partial charge on any atom is 0.337 e. The molecule has 15 heavy (non-hydrogen) atoms. The van der Waals surface area contributed by atoms with Crippen LogP contribution in [-0.4, -0.2) is 34.1 Å². The van der Waals surface area contributed by atoms with Crippen LogP contribution >= 0.6 is 11.8 Å². The third-order valence-corrected chi connectivity index (χ3v) is 3.01. The number of carboxylic acids is 1. The van der Waals surface area contributed by atoms with E-state index in [4.69, 9.17) is 5.11 Å². The lowest BCUT2D eigenvalue weighted by molar-refractivity contribution is 0.0698. The average Bonchev–Trinajstić information content (AvgIpc) is 2.26. The van der Waals surface area contributed by atoms with Gasteiger partial charge in [-0.25, -0.2) is 4.79 Å². The van der Waals surface area contributed by atoms with Gasteiger partial charge in [0.2, 0.25) is 0 Å². The lowest BCUT2D eigenvalue weighted by Crippen LogP contribution is -2.15. The topological polar surface area (TPSA) is 62.2 Å². The van der Waals surface area contributed by atoms with Gasteiger partial charge in [0.1, 0.15) is 0 Å². The summed E-state index contributed by atoms with van der Waals surface area (Å²) in [7, 11) is 0. The Morgan fingerprint density at radius 2 is 2.47 bits per heavy atom. The van der Waals surface area contributed by atoms with Crippen LogP contribution in [-0.2, 0) is 0 Å². The van der Waals surface area contributed by atoms with Gasteiger partial charge in [0.05, 0.1) is 17.4 Å². The number of nitrogens with zero attached hydrogens (tertiary/aromatic N) is 1. The van der Waals surface area contributed by atoms with Crippen molar-refractivity contribution >= 4 is 23.4 Å². The van der Waals surface area contributed by atoms with Gasteiger partial charge in [0, 0.05) is 18.0 Å². The number of pyridine rings is 1. The second-order valence-electron chi connectivity index (χ2n) is 3.15. The maximum absolute atomic E-state index is 10.9. The molecule has 0 aliphatic carbocycles. The molecule has 0 aliphatic heterocycles. The predicted octanol–water partition coefficient (Wildman–Crippen LogP) is 1.94. The van der Waals surface area contributed by atoms with E-state index in [-0.39, 0.29) is 5.56 Å². The van der Waals surface area contributed by atoms with E-state index in [0.29, 0.717) is 10.9 Å². The third kappa shape index (κ3) is 3.43. The van der Waals surface area contributed by atoms with Crippen molar-refractivity contribution in [2.24, 2.45) is 0 Å². The summed E-state index contributed by atoms with van der Waals surface area (Å²) in [5.74, 6) is -0.934. The van der Waals surface area contributed by atoms with Crippen LogP contribution in [0, 0.1) is 0 Å². The van der Waals surface area contributed by atoms with Gasteiger partial charge in [-0.15, -0.1) is 0 Å². The van der Waals surface area contributed by atoms with Crippen LogP contribution in [0.1, 0.15) is 17.3 Å². The lowest BCUT2D eigenvalue weighted by Gasteiger charge is -2.12. The average molecular weight is 226 g/mol. The highest BCUT2D eigenvalue weighted by Gasteiger charge is 2.09. The molecule has 0 aromatic carbocycles. The first-order chi connectivity index (χ1) is 7.15. The summed E-state index contributed by atoms with van der Waals surface area (Å²) in [5.41, 5.74) is 0.837. The van der Waals surface area contributed by atoms with Crippen LogP contribution in [0.5, 0.6) is 0 Å². The van der Waals surface area contributed by atoms with E-state index >= 15 is 0 Å². The van der Waals surface area contributed by atoms with Crippen LogP contribution in [0.25, 0.3) is 0 Å². The zero-order chi connectivity index (χ0) is 11.3. The Hall–Kier alpha value is -1.23. The second-order valence-corrected chi connectivity index (χ2v) is 4.43. The molecule has 0 aliphatic rings. The zero-order valence-corrected chi connectivity index (χ0v) is 9.54. The van der Waals surface area contributed by atoms with Gasteiger partial charge in [-0.1, -0.05) is 6.92 Å². The molecule has 1 unspecified atom stereocenters. The smallest absolute Gasteiger partial charge is 0.337 e. The quantitative estimate of drug-likeness (QED) is 0.803. The molecule has 1 atom stereocenters. The van der Waals surface area contributed by atoms with Crippen molar-refractivity contribution in [1.82, 2.24) is 4.98 Å². The number of hydrogen-bond acceptors (Lipinski definition) is 4. The first-order valence-electron chi connectivity index (χ1n) is 4.59. The zero-order valence-electron chi connectivity index (χ0n) is 8.73. The van der Waals surface area contributed by atoms with E-state index in [1.54, 1.807) is 11.8 Å². The molecule has 0 amide bonds. The summed E-state index contributed by atoms with van der Waals surface area (Å²) in [6.07, 6.45) is 5.04. The summed E-state index contributed by atoms with van der Waals surface area (Å²) in [6, 6.07) is 1.49. The Labute approximate surface area is 93.1 Å². The second kappa shape index (κ2) is 5.60. The van der Waals surface area contributed by atoms with Crippen molar-refractivity contribution in [3.8, 4) is 0 Å². The molecule has 0 saturated heterocycles. The van der Waals surface area contributed by atoms with Crippen molar-refractivity contribution < 1.29 is 9.90 Å². The monoisotopic (exact) mass is 226 g/mol. The van der Waals surface area contributed by atoms with Crippen LogP contribution in [0.4, 0.5) is 5.69 Å². The van der Waals surface area contributed by atoms with Crippen LogP contribution in [0.2, 0.25) is 0 Å². The number of carbonyl (C=O) groups is 1. The number of hydrogen-bond donors (Lipinski definition) is 2. The minimum Gasteiger partial charge on any atom is -0.478 e. The molecule has 0 radical (unpaired) electrons. The number of aromatic nitrogens is 1. The fraction of sp³-hybridized carbons (Fsp3) is 0.400. The Balaban J connectivity index is 2.72. The fourth-order valence-corrected chi connectivity index (χ4v) is 1.31. The number of anilines is 1. The Morgan fingerprint density at radius 1 is 1.73 bits per heavy atom. The summed E-state index contributed by atoms with van der Waals surface area (Å²) >= 11 is 1.73. The van der Waals surface area contributed by atoms with Crippen molar-refractivity contribution in [1.29, 1.82) is 0 Å². The number of nitrogens with one attached hydrogen (secondary N) is 1. The van der Waals surface area contributed by atoms with E-state index in [9.17, 15) is 4.79 Å². The van der Waals surface area contributed by atoms with Crippen molar-refractivity contribution in [2.45, 2.75) is 12.2 Å². The molecule has 5 heteroatoms. The molecule has 1 aromatic rings. The van der Waals surface area contributed by atoms with Gasteiger partial charge in [-0.05, 0) is 12.3 Å². The van der Waals surface area contributed by atoms with E-state index in [2.05, 4.69) is 17.2 Å². The van der Waals surface area contributed by atoms with Crippen molar-refractivity contribution in [3.05, 3.63) is 24.0 Å². The van der Waals surface area contributed by atoms with E-state index in [1.165, 1.54) is 18.5 Å². The third-order valence-electron chi connectivity index (χ3n) is 2.03. The molecule has 4 nitrogen and oxygen atoms in total. The molecular formula is C10H14N2O2S. The molecule has 1 rings (SSSR count). The molecule has 0 saturated carbocycles. The Bertz CT molecular complexity index is 344. The lowest BCUT2D eigenvalue weighted by atomic mass is 10.2. The minimum atomic E-state index is -0.934. The molecule has 0 bridgehead atoms. The normalized spacial score (nSPS) is 12.1. The Morgan fingerprint density at radius 3 is 3.07 bits per heavy atom. The largest absolute Gasteiger partial charge is 0.478 e. The number of rotatable bonds is 5. The number of carboxylic acid groups (broad SMARTS) is 1. The van der Waals surface area contributed by atoms with Crippen LogP contribution in [0.15, 0.2) is 18.5 Å². The molecule has 0 fully saturated rings. The van der Waals surface area contributed by atoms with Crippen LogP contribution < -0.4 is 5.32 Å². The Kier molecular flexibility index (Phi) is 4.42. The van der Waals surface area contributed by atoms with E-state index in [0.717, 1.165) is 6.54 Å². The van der Waals surface area contributed by atoms with Gasteiger partial charge in [-0.2, -0.15) is 11.8 Å². The molecule has 2 N–H and O–H groups in total. The highest BCUT2D eigenvalue weighted by atomic mass is 32.2. The van der Waals surface area contributed by atoms with Crippen molar-refractivity contribution in [3.63, 3.8) is 0 Å². The first-order valence-corrected chi connectivity index (χ1v) is 5.88. The summed E-state index contributed by atoms with van der Waals surface area (Å²) in [4.78, 5) is 14.8. The van der Waals surface area contributed by atoms with Gasteiger partial charge < -0.3 is 10.4 Å². The SMILES string of the molecule is CSC(C)CNc1cnccc1C(=O)O. The molecule has 82 valence electrons. The molecule has 0 spiro atoms. The van der Waals surface area contributed by atoms with Crippen LogP contribution in [0.3, 0.4) is 0 Å². The maximum atomic E-state index is 10.9. The molecular weight excluding hydrogens is 212 g/mol. The van der Waals surface area contributed by atoms with Gasteiger partial charge in [0.15, 0.2) is 0 Å². The van der Waals surface area contributed by atoms with E-state index in [1.807, 2.05) is 6.26 Å². The summed E-state index contributed by atoms with van der Waals surface area (Å²) < 4.78 is 0. The molecule has 1 heterocycles. The highest BCUT2D eigenvalue weighted by Crippen LogP contribution is 2.14. The van der Waals surface area contributed by atoms with Gasteiger partial charge >= 0.3 is 5.97 Å². The number of thioether (sulfide) groups is 1. The molecule has 1 aromatic heterocycles. The van der Waals surface area contributed by atoms with E-state index < -0.39 is 5.97 Å². The minimum absolute atomic E-state index is 0.262. The predicted molar refractivity (Wildman–Crippen MR) is 62.7 cm³/mol. The summed E-state index contributed by atoms with van der Waals surface area (Å²) in [6.45, 7) is 2.81. The summed E-state index contributed by atoms with van der Waals surface area (Å²) in [5, 5.41) is 12.4. The van der Waals surface area contributed by atoms with Gasteiger partial charge in [-0.3, -0.25) is 4.98 Å². The van der Waals surface area contributed by atoms with Gasteiger partial charge in [0.25, 0.3) is 0 Å². The highest BCUT2D eigenvalue weighted by molar-refractivity contribution is 7.99. The van der Waals surface area contributed by atoms with Crippen molar-refractivity contribution in [2.75, 3.05) is 18.1 Å². The first kappa shape index (κ1) is 11.8.